The van der Waals surface area contributed by atoms with Crippen molar-refractivity contribution in [1.82, 2.24) is 5.32 Å². The number of thiophene rings is 1. The first-order valence-corrected chi connectivity index (χ1v) is 9.56. The highest BCUT2D eigenvalue weighted by Crippen LogP contribution is 2.46. The molecule has 2 aromatic heterocycles. The van der Waals surface area contributed by atoms with E-state index in [9.17, 15) is 4.79 Å². The highest BCUT2D eigenvalue weighted by Gasteiger charge is 2.37. The highest BCUT2D eigenvalue weighted by molar-refractivity contribution is 7.16. The van der Waals surface area contributed by atoms with E-state index in [1.807, 2.05) is 12.1 Å². The Bertz CT molecular complexity index is 761. The van der Waals surface area contributed by atoms with Crippen molar-refractivity contribution in [2.24, 2.45) is 11.3 Å². The summed E-state index contributed by atoms with van der Waals surface area (Å²) < 4.78 is 5.44. The molecule has 0 radical (unpaired) electrons. The SMILES string of the molecule is CCC(C)(C)[C@@H]1CCc2c(sc3c2C(=O)N[C@H](c2ccco2)N3)C1. The molecule has 2 aromatic rings. The predicted molar refractivity (Wildman–Crippen MR) is 96.4 cm³/mol. The van der Waals surface area contributed by atoms with Crippen LogP contribution in [0.15, 0.2) is 22.8 Å². The van der Waals surface area contributed by atoms with Crippen LogP contribution >= 0.6 is 11.3 Å². The number of hydrogen-bond acceptors (Lipinski definition) is 4. The van der Waals surface area contributed by atoms with Gasteiger partial charge in [-0.25, -0.2) is 0 Å². The van der Waals surface area contributed by atoms with Crippen LogP contribution in [0.5, 0.6) is 0 Å². The molecule has 2 atom stereocenters. The van der Waals surface area contributed by atoms with Gasteiger partial charge < -0.3 is 15.1 Å². The van der Waals surface area contributed by atoms with Crippen LogP contribution in [-0.4, -0.2) is 5.91 Å². The van der Waals surface area contributed by atoms with E-state index in [2.05, 4.69) is 31.4 Å². The van der Waals surface area contributed by atoms with Crippen LogP contribution in [0.3, 0.4) is 0 Å². The standard InChI is InChI=1S/C19H24N2O2S/c1-4-19(2,3)11-7-8-12-14(10-11)24-18-15(12)17(22)20-16(21-18)13-6-5-9-23-13/h5-6,9,11,16,21H,4,7-8,10H2,1-3H3,(H,20,22)/t11-,16+/m1/s1. The van der Waals surface area contributed by atoms with Gasteiger partial charge in [0, 0.05) is 4.88 Å². The van der Waals surface area contributed by atoms with Crippen LogP contribution in [0.4, 0.5) is 5.00 Å². The molecule has 128 valence electrons. The second-order valence-electron chi connectivity index (χ2n) is 7.56. The molecule has 2 aliphatic rings. The topological polar surface area (TPSA) is 54.3 Å². The number of fused-ring (bicyclic) bond motifs is 3. The first-order valence-electron chi connectivity index (χ1n) is 8.75. The summed E-state index contributed by atoms with van der Waals surface area (Å²) in [4.78, 5) is 14.1. The van der Waals surface area contributed by atoms with Crippen LogP contribution in [0.25, 0.3) is 0 Å². The van der Waals surface area contributed by atoms with E-state index in [0.717, 1.165) is 29.2 Å². The van der Waals surface area contributed by atoms with Crippen molar-refractivity contribution in [2.45, 2.75) is 52.6 Å². The summed E-state index contributed by atoms with van der Waals surface area (Å²) in [5.41, 5.74) is 2.49. The highest BCUT2D eigenvalue weighted by atomic mass is 32.1. The number of furan rings is 1. The van der Waals surface area contributed by atoms with Crippen molar-refractivity contribution < 1.29 is 9.21 Å². The normalized spacial score (nSPS) is 23.2. The molecule has 4 nitrogen and oxygen atoms in total. The minimum Gasteiger partial charge on any atom is -0.465 e. The Labute approximate surface area is 146 Å². The van der Waals surface area contributed by atoms with Crippen molar-refractivity contribution in [3.8, 4) is 0 Å². The zero-order valence-electron chi connectivity index (χ0n) is 14.4. The van der Waals surface area contributed by atoms with Crippen molar-refractivity contribution in [3.05, 3.63) is 40.2 Å². The molecule has 24 heavy (non-hydrogen) atoms. The third-order valence-corrected chi connectivity index (χ3v) is 7.07. The maximum atomic E-state index is 12.7. The number of amides is 1. The number of rotatable bonds is 3. The fourth-order valence-electron chi connectivity index (χ4n) is 3.85. The van der Waals surface area contributed by atoms with Crippen LogP contribution in [-0.2, 0) is 12.8 Å². The Balaban J connectivity index is 1.64. The van der Waals surface area contributed by atoms with Gasteiger partial charge in [-0.1, -0.05) is 27.2 Å². The van der Waals surface area contributed by atoms with Gasteiger partial charge in [0.1, 0.15) is 10.8 Å². The molecular formula is C19H24N2O2S. The number of carbonyl (C=O) groups is 1. The molecule has 0 bridgehead atoms. The van der Waals surface area contributed by atoms with Crippen molar-refractivity contribution >= 4 is 22.2 Å². The van der Waals surface area contributed by atoms with Crippen LogP contribution in [0.2, 0.25) is 0 Å². The van der Waals surface area contributed by atoms with Gasteiger partial charge in [0.15, 0.2) is 6.17 Å². The summed E-state index contributed by atoms with van der Waals surface area (Å²) in [6.07, 6.45) is 5.83. The van der Waals surface area contributed by atoms with E-state index in [1.165, 1.54) is 23.3 Å². The van der Waals surface area contributed by atoms with Gasteiger partial charge in [-0.05, 0) is 48.3 Å². The van der Waals surface area contributed by atoms with Gasteiger partial charge in [0.2, 0.25) is 0 Å². The molecule has 5 heteroatoms. The third kappa shape index (κ3) is 2.46. The predicted octanol–water partition coefficient (Wildman–Crippen LogP) is 4.74. The zero-order chi connectivity index (χ0) is 16.9. The zero-order valence-corrected chi connectivity index (χ0v) is 15.3. The van der Waals surface area contributed by atoms with Gasteiger partial charge in [-0.3, -0.25) is 4.79 Å². The Morgan fingerprint density at radius 1 is 1.38 bits per heavy atom. The molecule has 0 spiro atoms. The van der Waals surface area contributed by atoms with E-state index in [-0.39, 0.29) is 12.1 Å². The lowest BCUT2D eigenvalue weighted by molar-refractivity contribution is 0.0930. The smallest absolute Gasteiger partial charge is 0.256 e. The van der Waals surface area contributed by atoms with E-state index < -0.39 is 0 Å². The second kappa shape index (κ2) is 5.66. The minimum atomic E-state index is -0.275. The van der Waals surface area contributed by atoms with Gasteiger partial charge in [0.25, 0.3) is 5.91 Å². The molecule has 1 aliphatic carbocycles. The molecular weight excluding hydrogens is 320 g/mol. The number of carbonyl (C=O) groups excluding carboxylic acids is 1. The summed E-state index contributed by atoms with van der Waals surface area (Å²) >= 11 is 1.76. The lowest BCUT2D eigenvalue weighted by atomic mass is 9.69. The molecule has 0 fully saturated rings. The third-order valence-electron chi connectivity index (χ3n) is 5.89. The quantitative estimate of drug-likeness (QED) is 0.846. The fourth-order valence-corrected chi connectivity index (χ4v) is 5.20. The first kappa shape index (κ1) is 15.8. The summed E-state index contributed by atoms with van der Waals surface area (Å²) in [5.74, 6) is 1.46. The van der Waals surface area contributed by atoms with E-state index in [0.29, 0.717) is 11.3 Å². The van der Waals surface area contributed by atoms with E-state index in [1.54, 1.807) is 17.6 Å². The maximum absolute atomic E-state index is 12.7. The number of anilines is 1. The second-order valence-corrected chi connectivity index (χ2v) is 8.66. The lowest BCUT2D eigenvalue weighted by Gasteiger charge is -2.36. The van der Waals surface area contributed by atoms with Crippen LogP contribution < -0.4 is 10.6 Å². The summed E-state index contributed by atoms with van der Waals surface area (Å²) in [6, 6.07) is 3.73. The molecule has 1 amide bonds. The number of hydrogen-bond donors (Lipinski definition) is 2. The molecule has 0 saturated carbocycles. The van der Waals surface area contributed by atoms with Crippen molar-refractivity contribution in [2.75, 3.05) is 5.32 Å². The van der Waals surface area contributed by atoms with Crippen molar-refractivity contribution in [3.63, 3.8) is 0 Å². The largest absolute Gasteiger partial charge is 0.465 e. The van der Waals surface area contributed by atoms with Gasteiger partial charge >= 0.3 is 0 Å². The Hall–Kier alpha value is -1.75. The van der Waals surface area contributed by atoms with Gasteiger partial charge in [-0.15, -0.1) is 11.3 Å². The molecule has 0 aromatic carbocycles. The Morgan fingerprint density at radius 3 is 2.92 bits per heavy atom. The molecule has 3 heterocycles. The lowest BCUT2D eigenvalue weighted by Crippen LogP contribution is -2.38. The Kier molecular flexibility index (Phi) is 3.71. The van der Waals surface area contributed by atoms with Crippen LogP contribution in [0, 0.1) is 11.3 Å². The Morgan fingerprint density at radius 2 is 2.21 bits per heavy atom. The van der Waals surface area contributed by atoms with E-state index in [4.69, 9.17) is 4.42 Å². The molecule has 0 unspecified atom stereocenters. The monoisotopic (exact) mass is 344 g/mol. The average molecular weight is 344 g/mol. The van der Waals surface area contributed by atoms with Gasteiger partial charge in [-0.2, -0.15) is 0 Å². The average Bonchev–Trinajstić information content (AvgIpc) is 3.21. The van der Waals surface area contributed by atoms with Crippen LogP contribution in [0.1, 0.15) is 66.3 Å². The molecule has 0 saturated heterocycles. The number of nitrogens with one attached hydrogen (secondary N) is 2. The fraction of sp³-hybridized carbons (Fsp3) is 0.526. The first-order chi connectivity index (χ1) is 11.5. The summed E-state index contributed by atoms with van der Waals surface area (Å²) in [5, 5.41) is 7.47. The van der Waals surface area contributed by atoms with E-state index >= 15 is 0 Å². The minimum absolute atomic E-state index is 0.0239. The summed E-state index contributed by atoms with van der Waals surface area (Å²) in [7, 11) is 0. The molecule has 4 rings (SSSR count). The molecule has 1 aliphatic heterocycles. The van der Waals surface area contributed by atoms with Crippen molar-refractivity contribution in [1.29, 1.82) is 0 Å². The maximum Gasteiger partial charge on any atom is 0.256 e. The summed E-state index contributed by atoms with van der Waals surface area (Å²) in [6.45, 7) is 7.01. The van der Waals surface area contributed by atoms with Gasteiger partial charge in [0.05, 0.1) is 11.8 Å². The molecule has 2 N–H and O–H groups in total.